The Hall–Kier alpha value is -8.20. The first-order valence-corrected chi connectivity index (χ1v) is 21.3. The number of hydrogen-bond donors (Lipinski definition) is 0. The minimum Gasteiger partial charge on any atom is -0.246 e. The van der Waals surface area contributed by atoms with Crippen LogP contribution in [0.3, 0.4) is 0 Å². The number of benzene rings is 9. The van der Waals surface area contributed by atoms with Crippen LogP contribution in [0.1, 0.15) is 0 Å². The molecule has 2 aromatic heterocycles. The average Bonchev–Trinajstić information content (AvgIpc) is 3.87. The van der Waals surface area contributed by atoms with Gasteiger partial charge in [-0.15, -0.1) is 0 Å². The minimum atomic E-state index is 0.961. The summed E-state index contributed by atoms with van der Waals surface area (Å²) in [6.07, 6.45) is 0. The van der Waals surface area contributed by atoms with Gasteiger partial charge in [0.05, 0.1) is 22.8 Å². The number of pyridine rings is 2. The van der Waals surface area contributed by atoms with Gasteiger partial charge in [0.2, 0.25) is 0 Å². The number of rotatable bonds is 6. The highest BCUT2D eigenvalue weighted by Crippen LogP contribution is 2.58. The van der Waals surface area contributed by atoms with Crippen molar-refractivity contribution in [3.05, 3.63) is 218 Å². The maximum atomic E-state index is 5.73. The lowest BCUT2D eigenvalue weighted by molar-refractivity contribution is 1.32. The molecule has 0 saturated heterocycles. The van der Waals surface area contributed by atoms with Gasteiger partial charge in [0, 0.05) is 55.6 Å². The SMILES string of the molecule is c1ccc(-c2nc(-c3ccc(-c4nc(-c5ccccc5)c5c(c4-c4ccccc4)-c4cccc6cccc-5c46)cc3)c(-c3ccccc3)c3c2-c2cccc4cccc-3c24)cc1. The summed E-state index contributed by atoms with van der Waals surface area (Å²) < 4.78 is 0. The van der Waals surface area contributed by atoms with E-state index in [-0.39, 0.29) is 0 Å². The summed E-state index contributed by atoms with van der Waals surface area (Å²) in [6, 6.07) is 78.8. The zero-order valence-corrected chi connectivity index (χ0v) is 33.7. The predicted octanol–water partition coefficient (Wildman–Crippen LogP) is 16.1. The average molecular weight is 785 g/mol. The molecule has 0 saturated carbocycles. The molecule has 0 spiro atoms. The molecule has 2 heteroatoms. The van der Waals surface area contributed by atoms with E-state index in [2.05, 4.69) is 218 Å². The van der Waals surface area contributed by atoms with Crippen LogP contribution in [-0.2, 0) is 0 Å². The molecule has 0 unspecified atom stereocenters. The Kier molecular flexibility index (Phi) is 7.64. The van der Waals surface area contributed by atoms with Gasteiger partial charge >= 0.3 is 0 Å². The Morgan fingerprint density at radius 3 is 0.806 bits per heavy atom. The van der Waals surface area contributed by atoms with E-state index in [4.69, 9.17) is 9.97 Å². The third-order valence-corrected chi connectivity index (χ3v) is 12.9. The summed E-state index contributed by atoms with van der Waals surface area (Å²) in [7, 11) is 0. The molecule has 2 aliphatic rings. The topological polar surface area (TPSA) is 25.8 Å². The standard InChI is InChI=1S/C60H36N2/c1-5-17-39(18-6-1)51-53-45-29-13-25-37-27-15-31-47(49(37)45)55(53)59(41-21-9-3-10-22-41)61-57(51)43-33-35-44(36-34-43)58-52(40-19-7-2-8-20-40)54-46-30-14-26-38-28-16-32-48(50(38)46)56(54)60(62-58)42-23-11-4-12-24-42/h1-36H. The molecule has 9 aromatic carbocycles. The highest BCUT2D eigenvalue weighted by atomic mass is 14.8. The van der Waals surface area contributed by atoms with E-state index in [1.54, 1.807) is 0 Å². The van der Waals surface area contributed by atoms with Crippen LogP contribution >= 0.6 is 0 Å². The molecule has 0 aliphatic heterocycles. The summed E-state index contributed by atoms with van der Waals surface area (Å²) in [4.78, 5) is 11.5. The van der Waals surface area contributed by atoms with Crippen molar-refractivity contribution in [2.24, 2.45) is 0 Å². The fraction of sp³-hybridized carbons (Fsp3) is 0. The van der Waals surface area contributed by atoms with E-state index >= 15 is 0 Å². The molecule has 13 rings (SSSR count). The summed E-state index contributed by atoms with van der Waals surface area (Å²) >= 11 is 0. The molecule has 0 amide bonds. The summed E-state index contributed by atoms with van der Waals surface area (Å²) in [6.45, 7) is 0. The first kappa shape index (κ1) is 34.6. The molecule has 2 aliphatic carbocycles. The number of hydrogen-bond acceptors (Lipinski definition) is 2. The smallest absolute Gasteiger partial charge is 0.0794 e. The molecule has 62 heavy (non-hydrogen) atoms. The largest absolute Gasteiger partial charge is 0.246 e. The van der Waals surface area contributed by atoms with Gasteiger partial charge in [-0.2, -0.15) is 0 Å². The molecule has 286 valence electrons. The molecule has 0 radical (unpaired) electrons. The van der Waals surface area contributed by atoms with Crippen LogP contribution in [0.15, 0.2) is 218 Å². The van der Waals surface area contributed by atoms with Crippen LogP contribution in [0, 0.1) is 0 Å². The van der Waals surface area contributed by atoms with Crippen LogP contribution in [0.2, 0.25) is 0 Å². The molecule has 0 bridgehead atoms. The third kappa shape index (κ3) is 5.11. The predicted molar refractivity (Wildman–Crippen MR) is 259 cm³/mol. The molecular formula is C60H36N2. The van der Waals surface area contributed by atoms with E-state index in [9.17, 15) is 0 Å². The quantitative estimate of drug-likeness (QED) is 0.168. The van der Waals surface area contributed by atoms with Crippen molar-refractivity contribution in [2.45, 2.75) is 0 Å². The first-order valence-electron chi connectivity index (χ1n) is 21.3. The zero-order chi connectivity index (χ0) is 40.7. The molecule has 0 N–H and O–H groups in total. The molecular weight excluding hydrogens is 749 g/mol. The van der Waals surface area contributed by atoms with Crippen LogP contribution in [0.25, 0.3) is 133 Å². The number of nitrogens with zero attached hydrogens (tertiary/aromatic N) is 2. The van der Waals surface area contributed by atoms with Crippen molar-refractivity contribution < 1.29 is 0 Å². The lowest BCUT2D eigenvalue weighted by atomic mass is 9.86. The van der Waals surface area contributed by atoms with E-state index in [1.165, 1.54) is 66.1 Å². The summed E-state index contributed by atoms with van der Waals surface area (Å²) in [5.74, 6) is 0. The van der Waals surface area contributed by atoms with E-state index in [1.807, 2.05) is 0 Å². The molecule has 0 fully saturated rings. The fourth-order valence-corrected chi connectivity index (χ4v) is 10.3. The molecule has 2 heterocycles. The first-order chi connectivity index (χ1) is 30.8. The summed E-state index contributed by atoms with van der Waals surface area (Å²) in [5, 5.41) is 5.06. The molecule has 11 aromatic rings. The van der Waals surface area contributed by atoms with Crippen molar-refractivity contribution in [3.63, 3.8) is 0 Å². The molecule has 2 nitrogen and oxygen atoms in total. The van der Waals surface area contributed by atoms with Crippen LogP contribution in [0.5, 0.6) is 0 Å². The van der Waals surface area contributed by atoms with Crippen molar-refractivity contribution in [2.75, 3.05) is 0 Å². The second-order valence-electron chi connectivity index (χ2n) is 16.3. The second-order valence-corrected chi connectivity index (χ2v) is 16.3. The van der Waals surface area contributed by atoms with Gasteiger partial charge in [-0.25, -0.2) is 9.97 Å². The molecule has 0 atom stereocenters. The fourth-order valence-electron chi connectivity index (χ4n) is 10.3. The van der Waals surface area contributed by atoms with Gasteiger partial charge in [-0.3, -0.25) is 0 Å². The van der Waals surface area contributed by atoms with Gasteiger partial charge in [-0.05, 0) is 54.9 Å². The van der Waals surface area contributed by atoms with Gasteiger partial charge in [0.15, 0.2) is 0 Å². The van der Waals surface area contributed by atoms with Gasteiger partial charge in [-0.1, -0.05) is 218 Å². The van der Waals surface area contributed by atoms with E-state index in [0.29, 0.717) is 0 Å². The van der Waals surface area contributed by atoms with Crippen molar-refractivity contribution >= 4 is 21.5 Å². The monoisotopic (exact) mass is 784 g/mol. The Morgan fingerprint density at radius 1 is 0.194 bits per heavy atom. The highest BCUT2D eigenvalue weighted by molar-refractivity contribution is 6.23. The van der Waals surface area contributed by atoms with Gasteiger partial charge < -0.3 is 0 Å². The summed E-state index contributed by atoms with van der Waals surface area (Å²) in [5.41, 5.74) is 22.7. The van der Waals surface area contributed by atoms with E-state index in [0.717, 1.165) is 67.3 Å². The lowest BCUT2D eigenvalue weighted by Gasteiger charge is -2.21. The Morgan fingerprint density at radius 2 is 0.468 bits per heavy atom. The maximum absolute atomic E-state index is 5.73. The van der Waals surface area contributed by atoms with E-state index < -0.39 is 0 Å². The Balaban J connectivity index is 1.08. The number of fused-ring (bicyclic) bond motifs is 6. The number of aromatic nitrogens is 2. The Labute approximate surface area is 360 Å². The zero-order valence-electron chi connectivity index (χ0n) is 33.7. The van der Waals surface area contributed by atoms with Crippen molar-refractivity contribution in [1.29, 1.82) is 0 Å². The van der Waals surface area contributed by atoms with Crippen LogP contribution < -0.4 is 0 Å². The second kappa shape index (κ2) is 13.7. The van der Waals surface area contributed by atoms with Crippen LogP contribution in [-0.4, -0.2) is 9.97 Å². The maximum Gasteiger partial charge on any atom is 0.0794 e. The Bertz CT molecular complexity index is 3330. The van der Waals surface area contributed by atoms with Crippen molar-refractivity contribution in [3.8, 4) is 112 Å². The van der Waals surface area contributed by atoms with Crippen LogP contribution in [0.4, 0.5) is 0 Å². The third-order valence-electron chi connectivity index (χ3n) is 12.9. The van der Waals surface area contributed by atoms with Gasteiger partial charge in [0.1, 0.15) is 0 Å². The highest BCUT2D eigenvalue weighted by Gasteiger charge is 2.33. The van der Waals surface area contributed by atoms with Crippen molar-refractivity contribution in [1.82, 2.24) is 9.97 Å². The van der Waals surface area contributed by atoms with Gasteiger partial charge in [0.25, 0.3) is 0 Å². The lowest BCUT2D eigenvalue weighted by Crippen LogP contribution is -2.00. The normalized spacial score (nSPS) is 11.9. The minimum absolute atomic E-state index is 0.961.